The van der Waals surface area contributed by atoms with Crippen LogP contribution in [0.2, 0.25) is 0 Å². The summed E-state index contributed by atoms with van der Waals surface area (Å²) < 4.78 is 5.01. The van der Waals surface area contributed by atoms with Crippen molar-refractivity contribution >= 4 is 18.1 Å². The smallest absolute Gasteiger partial charge is 0.409 e. The molecule has 2 rings (SSSR count). The van der Waals surface area contributed by atoms with Crippen molar-refractivity contribution in [3.05, 3.63) is 29.3 Å². The lowest BCUT2D eigenvalue weighted by Gasteiger charge is -2.36. The zero-order valence-corrected chi connectivity index (χ0v) is 12.0. The highest BCUT2D eigenvalue weighted by Gasteiger charge is 2.22. The number of hydrogen-bond acceptors (Lipinski definition) is 4. The Morgan fingerprint density at radius 2 is 2.00 bits per heavy atom. The molecule has 1 aliphatic rings. The standard InChI is InChI=1S/C15H20N2O3/c1-3-20-15(19)17-8-6-16(7-9-17)14-5-4-13(11-18)10-12(14)2/h4-5,10-11H,3,6-9H2,1-2H3. The molecule has 1 aromatic rings. The fourth-order valence-electron chi connectivity index (χ4n) is 2.45. The first-order valence-corrected chi connectivity index (χ1v) is 6.88. The number of benzene rings is 1. The third kappa shape index (κ3) is 3.10. The number of nitrogens with zero attached hydrogens (tertiary/aromatic N) is 2. The summed E-state index contributed by atoms with van der Waals surface area (Å²) in [6.07, 6.45) is 0.621. The van der Waals surface area contributed by atoms with Gasteiger partial charge in [-0.25, -0.2) is 4.79 Å². The zero-order valence-electron chi connectivity index (χ0n) is 12.0. The molecule has 1 saturated heterocycles. The van der Waals surface area contributed by atoms with Crippen molar-refractivity contribution in [3.63, 3.8) is 0 Å². The number of anilines is 1. The van der Waals surface area contributed by atoms with Gasteiger partial charge in [-0.15, -0.1) is 0 Å². The average molecular weight is 276 g/mol. The van der Waals surface area contributed by atoms with E-state index in [4.69, 9.17) is 4.74 Å². The van der Waals surface area contributed by atoms with Gasteiger partial charge >= 0.3 is 6.09 Å². The van der Waals surface area contributed by atoms with Crippen LogP contribution in [0.4, 0.5) is 10.5 Å². The first-order valence-electron chi connectivity index (χ1n) is 6.88. The molecule has 20 heavy (non-hydrogen) atoms. The molecule has 0 aromatic heterocycles. The van der Waals surface area contributed by atoms with E-state index in [0.29, 0.717) is 25.3 Å². The number of aldehydes is 1. The van der Waals surface area contributed by atoms with E-state index >= 15 is 0 Å². The van der Waals surface area contributed by atoms with Crippen molar-refractivity contribution in [2.75, 3.05) is 37.7 Å². The second-order valence-corrected chi connectivity index (χ2v) is 4.84. The van der Waals surface area contributed by atoms with Crippen LogP contribution in [0.25, 0.3) is 0 Å². The molecule has 0 atom stereocenters. The fraction of sp³-hybridized carbons (Fsp3) is 0.467. The van der Waals surface area contributed by atoms with E-state index in [1.54, 1.807) is 4.90 Å². The number of amides is 1. The van der Waals surface area contributed by atoms with Crippen LogP contribution in [0.1, 0.15) is 22.8 Å². The van der Waals surface area contributed by atoms with Gasteiger partial charge in [0.15, 0.2) is 0 Å². The minimum atomic E-state index is -0.236. The minimum Gasteiger partial charge on any atom is -0.450 e. The Hall–Kier alpha value is -2.04. The maximum Gasteiger partial charge on any atom is 0.409 e. The van der Waals surface area contributed by atoms with Crippen molar-refractivity contribution in [2.45, 2.75) is 13.8 Å². The molecule has 0 unspecified atom stereocenters. The van der Waals surface area contributed by atoms with Crippen molar-refractivity contribution in [3.8, 4) is 0 Å². The Balaban J connectivity index is 2.00. The summed E-state index contributed by atoms with van der Waals surface area (Å²) in [7, 11) is 0. The molecule has 0 spiro atoms. The topological polar surface area (TPSA) is 49.9 Å². The summed E-state index contributed by atoms with van der Waals surface area (Å²) in [5.74, 6) is 0. The summed E-state index contributed by atoms with van der Waals surface area (Å²) in [6.45, 7) is 7.10. The SMILES string of the molecule is CCOC(=O)N1CCN(c2ccc(C=O)cc2C)CC1. The number of rotatable bonds is 3. The highest BCUT2D eigenvalue weighted by Crippen LogP contribution is 2.22. The summed E-state index contributed by atoms with van der Waals surface area (Å²) >= 11 is 0. The van der Waals surface area contributed by atoms with E-state index in [1.807, 2.05) is 32.0 Å². The van der Waals surface area contributed by atoms with Crippen LogP contribution >= 0.6 is 0 Å². The first-order chi connectivity index (χ1) is 9.65. The summed E-state index contributed by atoms with van der Waals surface area (Å²) in [5.41, 5.74) is 2.90. The molecule has 0 radical (unpaired) electrons. The minimum absolute atomic E-state index is 0.236. The monoisotopic (exact) mass is 276 g/mol. The van der Waals surface area contributed by atoms with E-state index < -0.39 is 0 Å². The molecule has 1 fully saturated rings. The molecular formula is C15H20N2O3. The number of carbonyl (C=O) groups is 2. The number of aryl methyl sites for hydroxylation is 1. The van der Waals surface area contributed by atoms with Gasteiger partial charge in [-0.3, -0.25) is 4.79 Å². The van der Waals surface area contributed by atoms with E-state index in [2.05, 4.69) is 4.90 Å². The van der Waals surface area contributed by atoms with Crippen molar-refractivity contribution in [2.24, 2.45) is 0 Å². The molecule has 0 bridgehead atoms. The molecule has 0 N–H and O–H groups in total. The van der Waals surface area contributed by atoms with Gasteiger partial charge in [-0.2, -0.15) is 0 Å². The predicted molar refractivity (Wildman–Crippen MR) is 77.4 cm³/mol. The Bertz CT molecular complexity index is 494. The summed E-state index contributed by atoms with van der Waals surface area (Å²) in [4.78, 5) is 26.4. The van der Waals surface area contributed by atoms with Gasteiger partial charge in [0.25, 0.3) is 0 Å². The second kappa shape index (κ2) is 6.41. The fourth-order valence-corrected chi connectivity index (χ4v) is 2.45. The van der Waals surface area contributed by atoms with Gasteiger partial charge in [0, 0.05) is 37.4 Å². The molecule has 1 amide bonds. The van der Waals surface area contributed by atoms with Crippen LogP contribution in [0.15, 0.2) is 18.2 Å². The molecule has 0 aliphatic carbocycles. The van der Waals surface area contributed by atoms with Crippen molar-refractivity contribution in [1.82, 2.24) is 4.90 Å². The molecule has 0 saturated carbocycles. The summed E-state index contributed by atoms with van der Waals surface area (Å²) in [6, 6.07) is 5.69. The normalized spacial score (nSPS) is 15.1. The third-order valence-corrected chi connectivity index (χ3v) is 3.50. The van der Waals surface area contributed by atoms with Gasteiger partial charge in [0.05, 0.1) is 6.61 Å². The van der Waals surface area contributed by atoms with Crippen molar-refractivity contribution in [1.29, 1.82) is 0 Å². The predicted octanol–water partition coefficient (Wildman–Crippen LogP) is 2.09. The molecular weight excluding hydrogens is 256 g/mol. The van der Waals surface area contributed by atoms with Crippen LogP contribution in [0, 0.1) is 6.92 Å². The largest absolute Gasteiger partial charge is 0.450 e. The average Bonchev–Trinajstić information content (AvgIpc) is 2.47. The van der Waals surface area contributed by atoms with Gasteiger partial charge in [0.2, 0.25) is 0 Å². The van der Waals surface area contributed by atoms with Gasteiger partial charge < -0.3 is 14.5 Å². The maximum absolute atomic E-state index is 11.6. The molecule has 108 valence electrons. The van der Waals surface area contributed by atoms with Crippen molar-refractivity contribution < 1.29 is 14.3 Å². The number of piperazine rings is 1. The van der Waals surface area contributed by atoms with Crippen LogP contribution in [0.3, 0.4) is 0 Å². The summed E-state index contributed by atoms with van der Waals surface area (Å²) in [5, 5.41) is 0. The molecule has 5 heteroatoms. The van der Waals surface area contributed by atoms with E-state index in [1.165, 1.54) is 0 Å². The number of carbonyl (C=O) groups excluding carboxylic acids is 2. The third-order valence-electron chi connectivity index (χ3n) is 3.50. The highest BCUT2D eigenvalue weighted by atomic mass is 16.6. The Labute approximate surface area is 119 Å². The van der Waals surface area contributed by atoms with Gasteiger partial charge in [0.1, 0.15) is 6.29 Å². The lowest BCUT2D eigenvalue weighted by molar-refractivity contribution is 0.105. The molecule has 1 aromatic carbocycles. The van der Waals surface area contributed by atoms with Gasteiger partial charge in [-0.1, -0.05) is 0 Å². The second-order valence-electron chi connectivity index (χ2n) is 4.84. The van der Waals surface area contributed by atoms with Crippen LogP contribution < -0.4 is 4.90 Å². The Morgan fingerprint density at radius 1 is 1.30 bits per heavy atom. The van der Waals surface area contributed by atoms with Gasteiger partial charge in [-0.05, 0) is 37.6 Å². The first kappa shape index (κ1) is 14.4. The Morgan fingerprint density at radius 3 is 2.55 bits per heavy atom. The van der Waals surface area contributed by atoms with E-state index in [-0.39, 0.29) is 6.09 Å². The maximum atomic E-state index is 11.6. The van der Waals surface area contributed by atoms with Crippen LogP contribution in [-0.4, -0.2) is 50.1 Å². The lowest BCUT2D eigenvalue weighted by atomic mass is 10.1. The van der Waals surface area contributed by atoms with Crippen LogP contribution in [0.5, 0.6) is 0 Å². The molecule has 1 heterocycles. The zero-order chi connectivity index (χ0) is 14.5. The Kier molecular flexibility index (Phi) is 4.61. The van der Waals surface area contributed by atoms with E-state index in [0.717, 1.165) is 30.6 Å². The number of hydrogen-bond donors (Lipinski definition) is 0. The number of ether oxygens (including phenoxy) is 1. The molecule has 1 aliphatic heterocycles. The van der Waals surface area contributed by atoms with E-state index in [9.17, 15) is 9.59 Å². The quantitative estimate of drug-likeness (QED) is 0.793. The highest BCUT2D eigenvalue weighted by molar-refractivity contribution is 5.77. The molecule has 5 nitrogen and oxygen atoms in total. The lowest BCUT2D eigenvalue weighted by Crippen LogP contribution is -2.49. The van der Waals surface area contributed by atoms with Crippen LogP contribution in [-0.2, 0) is 4.74 Å².